The van der Waals surface area contributed by atoms with E-state index in [1.54, 1.807) is 50.2 Å². The van der Waals surface area contributed by atoms with Crippen LogP contribution in [0.15, 0.2) is 83.8 Å². The predicted octanol–water partition coefficient (Wildman–Crippen LogP) is 4.40. The van der Waals surface area contributed by atoms with E-state index in [0.29, 0.717) is 11.6 Å². The van der Waals surface area contributed by atoms with Gasteiger partial charge in [0.2, 0.25) is 11.8 Å². The standard InChI is InChI=1S/C27H30ClN3O4S/c1-4-29-27(33)21(3)30(18-22-12-9-8-11-20(22)2)26(32)19-31(24-14-10-13-23(28)17-24)36(34,35)25-15-6-5-7-16-25/h5-17,21H,4,18-19H2,1-3H3,(H,29,33)/t21-/m0/s1. The number of likely N-dealkylation sites (N-methyl/N-ethyl adjacent to an activating group) is 1. The molecular formula is C27H30ClN3O4S. The third-order valence-electron chi connectivity index (χ3n) is 5.83. The summed E-state index contributed by atoms with van der Waals surface area (Å²) in [6.45, 7) is 5.41. The van der Waals surface area contributed by atoms with Crippen LogP contribution in [0.5, 0.6) is 0 Å². The number of carbonyl (C=O) groups excluding carboxylic acids is 2. The second kappa shape index (κ2) is 12.1. The summed E-state index contributed by atoms with van der Waals surface area (Å²) in [6, 6.07) is 21.0. The van der Waals surface area contributed by atoms with Crippen molar-refractivity contribution in [2.45, 2.75) is 38.3 Å². The van der Waals surface area contributed by atoms with Crippen LogP contribution in [0.25, 0.3) is 0 Å². The number of sulfonamides is 1. The van der Waals surface area contributed by atoms with Gasteiger partial charge in [-0.1, -0.05) is 60.1 Å². The average Bonchev–Trinajstić information content (AvgIpc) is 2.86. The number of hydrogen-bond acceptors (Lipinski definition) is 4. The Labute approximate surface area is 217 Å². The molecule has 0 bridgehead atoms. The summed E-state index contributed by atoms with van der Waals surface area (Å²) in [5.74, 6) is -0.837. The molecule has 7 nitrogen and oxygen atoms in total. The first kappa shape index (κ1) is 27.2. The fourth-order valence-electron chi connectivity index (χ4n) is 3.76. The predicted molar refractivity (Wildman–Crippen MR) is 142 cm³/mol. The molecule has 9 heteroatoms. The van der Waals surface area contributed by atoms with Crippen LogP contribution in [0.3, 0.4) is 0 Å². The lowest BCUT2D eigenvalue weighted by Crippen LogP contribution is -2.51. The molecule has 0 unspecified atom stereocenters. The average molecular weight is 528 g/mol. The van der Waals surface area contributed by atoms with Crippen LogP contribution >= 0.6 is 11.6 Å². The molecule has 3 aromatic rings. The lowest BCUT2D eigenvalue weighted by atomic mass is 10.1. The number of carbonyl (C=O) groups is 2. The molecule has 0 aliphatic carbocycles. The Hall–Kier alpha value is -3.36. The van der Waals surface area contributed by atoms with Crippen molar-refractivity contribution >= 4 is 39.1 Å². The highest BCUT2D eigenvalue weighted by Crippen LogP contribution is 2.27. The van der Waals surface area contributed by atoms with E-state index in [-0.39, 0.29) is 23.0 Å². The van der Waals surface area contributed by atoms with Crippen LogP contribution in [-0.4, -0.2) is 44.3 Å². The van der Waals surface area contributed by atoms with E-state index < -0.39 is 28.5 Å². The first-order chi connectivity index (χ1) is 17.1. The molecule has 36 heavy (non-hydrogen) atoms. The van der Waals surface area contributed by atoms with E-state index in [1.807, 2.05) is 31.2 Å². The Bertz CT molecular complexity index is 1320. The number of hydrogen-bond donors (Lipinski definition) is 1. The molecule has 1 atom stereocenters. The van der Waals surface area contributed by atoms with Crippen molar-refractivity contribution in [3.8, 4) is 0 Å². The van der Waals surface area contributed by atoms with E-state index >= 15 is 0 Å². The Morgan fingerprint density at radius 2 is 1.64 bits per heavy atom. The lowest BCUT2D eigenvalue weighted by molar-refractivity contribution is -0.139. The van der Waals surface area contributed by atoms with E-state index in [9.17, 15) is 18.0 Å². The summed E-state index contributed by atoms with van der Waals surface area (Å²) >= 11 is 6.17. The van der Waals surface area contributed by atoms with Crippen molar-refractivity contribution in [1.82, 2.24) is 10.2 Å². The van der Waals surface area contributed by atoms with Crippen molar-refractivity contribution in [1.29, 1.82) is 0 Å². The minimum atomic E-state index is -4.11. The van der Waals surface area contributed by atoms with Gasteiger partial charge in [-0.3, -0.25) is 13.9 Å². The molecule has 0 aliphatic rings. The normalized spacial score (nSPS) is 12.0. The molecule has 0 fully saturated rings. The van der Waals surface area contributed by atoms with Crippen LogP contribution in [0.4, 0.5) is 5.69 Å². The summed E-state index contributed by atoms with van der Waals surface area (Å²) in [4.78, 5) is 27.9. The molecule has 0 aromatic heterocycles. The Kier molecular flexibility index (Phi) is 9.12. The van der Waals surface area contributed by atoms with Gasteiger partial charge in [-0.25, -0.2) is 8.42 Å². The number of rotatable bonds is 10. The zero-order chi connectivity index (χ0) is 26.3. The minimum Gasteiger partial charge on any atom is -0.355 e. The molecule has 0 radical (unpaired) electrons. The van der Waals surface area contributed by atoms with Crippen molar-refractivity contribution in [3.63, 3.8) is 0 Å². The van der Waals surface area contributed by atoms with Crippen molar-refractivity contribution in [3.05, 3.63) is 95.0 Å². The topological polar surface area (TPSA) is 86.8 Å². The number of anilines is 1. The molecule has 0 heterocycles. The molecule has 190 valence electrons. The minimum absolute atomic E-state index is 0.0417. The van der Waals surface area contributed by atoms with Gasteiger partial charge in [0.15, 0.2) is 0 Å². The highest BCUT2D eigenvalue weighted by molar-refractivity contribution is 7.92. The molecular weight excluding hydrogens is 498 g/mol. The van der Waals surface area contributed by atoms with Crippen molar-refractivity contribution in [2.24, 2.45) is 0 Å². The van der Waals surface area contributed by atoms with Gasteiger partial charge in [-0.2, -0.15) is 0 Å². The maximum absolute atomic E-state index is 13.8. The van der Waals surface area contributed by atoms with Gasteiger partial charge < -0.3 is 10.2 Å². The van der Waals surface area contributed by atoms with Gasteiger partial charge >= 0.3 is 0 Å². The van der Waals surface area contributed by atoms with E-state index in [1.165, 1.54) is 23.1 Å². The van der Waals surface area contributed by atoms with Crippen LogP contribution in [0.2, 0.25) is 5.02 Å². The molecule has 3 aromatic carbocycles. The molecule has 0 saturated heterocycles. The Morgan fingerprint density at radius 3 is 2.28 bits per heavy atom. The van der Waals surface area contributed by atoms with Gasteiger partial charge in [0, 0.05) is 18.1 Å². The lowest BCUT2D eigenvalue weighted by Gasteiger charge is -2.32. The van der Waals surface area contributed by atoms with Gasteiger partial charge in [-0.15, -0.1) is 0 Å². The van der Waals surface area contributed by atoms with Crippen LogP contribution < -0.4 is 9.62 Å². The van der Waals surface area contributed by atoms with Crippen LogP contribution in [0.1, 0.15) is 25.0 Å². The second-order valence-corrected chi connectivity index (χ2v) is 10.6. The van der Waals surface area contributed by atoms with E-state index in [2.05, 4.69) is 5.32 Å². The first-order valence-electron chi connectivity index (χ1n) is 11.6. The number of aryl methyl sites for hydroxylation is 1. The highest BCUT2D eigenvalue weighted by Gasteiger charge is 2.32. The summed E-state index contributed by atoms with van der Waals surface area (Å²) in [6.07, 6.45) is 0. The van der Waals surface area contributed by atoms with Crippen LogP contribution in [-0.2, 0) is 26.2 Å². The molecule has 0 aliphatic heterocycles. The summed E-state index contributed by atoms with van der Waals surface area (Å²) in [5, 5.41) is 3.08. The quantitative estimate of drug-likeness (QED) is 0.423. The molecule has 3 rings (SSSR count). The SMILES string of the molecule is CCNC(=O)[C@H](C)N(Cc1ccccc1C)C(=O)CN(c1cccc(Cl)c1)S(=O)(=O)c1ccccc1. The molecule has 0 spiro atoms. The largest absolute Gasteiger partial charge is 0.355 e. The zero-order valence-electron chi connectivity index (χ0n) is 20.5. The van der Waals surface area contributed by atoms with Crippen molar-refractivity contribution < 1.29 is 18.0 Å². The first-order valence-corrected chi connectivity index (χ1v) is 13.4. The number of halogens is 1. The van der Waals surface area contributed by atoms with Gasteiger partial charge in [0.25, 0.3) is 10.0 Å². The number of nitrogens with zero attached hydrogens (tertiary/aromatic N) is 2. The molecule has 1 N–H and O–H groups in total. The second-order valence-electron chi connectivity index (χ2n) is 8.32. The van der Waals surface area contributed by atoms with Gasteiger partial charge in [0.1, 0.15) is 12.6 Å². The summed E-state index contributed by atoms with van der Waals surface area (Å²) in [7, 11) is -4.11. The fourth-order valence-corrected chi connectivity index (χ4v) is 5.37. The summed E-state index contributed by atoms with van der Waals surface area (Å²) in [5.41, 5.74) is 2.07. The smallest absolute Gasteiger partial charge is 0.264 e. The third kappa shape index (κ3) is 6.44. The number of amides is 2. The van der Waals surface area contributed by atoms with Crippen molar-refractivity contribution in [2.75, 3.05) is 17.4 Å². The number of nitrogens with one attached hydrogen (secondary N) is 1. The summed E-state index contributed by atoms with van der Waals surface area (Å²) < 4.78 is 28.3. The van der Waals surface area contributed by atoms with E-state index in [0.717, 1.165) is 15.4 Å². The molecule has 2 amide bonds. The maximum atomic E-state index is 13.8. The fraction of sp³-hybridized carbons (Fsp3) is 0.259. The molecule has 0 saturated carbocycles. The zero-order valence-corrected chi connectivity index (χ0v) is 22.1. The van der Waals surface area contributed by atoms with Gasteiger partial charge in [0.05, 0.1) is 10.6 Å². The van der Waals surface area contributed by atoms with Gasteiger partial charge in [-0.05, 0) is 62.2 Å². The monoisotopic (exact) mass is 527 g/mol. The third-order valence-corrected chi connectivity index (χ3v) is 7.85. The van der Waals surface area contributed by atoms with E-state index in [4.69, 9.17) is 11.6 Å². The highest BCUT2D eigenvalue weighted by atomic mass is 35.5. The van der Waals surface area contributed by atoms with Crippen LogP contribution in [0, 0.1) is 6.92 Å². The Morgan fingerprint density at radius 1 is 0.972 bits per heavy atom. The Balaban J connectivity index is 2.03. The maximum Gasteiger partial charge on any atom is 0.264 e. The number of benzene rings is 3.